The first kappa shape index (κ1) is 16.2. The van der Waals surface area contributed by atoms with Crippen LogP contribution in [-0.4, -0.2) is 49.1 Å². The molecule has 0 aliphatic carbocycles. The SMILES string of the molecule is Cc1ccc(Cl)cc1S(=O)(=O)N1CC(C)(OCC(=O)O)C1. The zero-order valence-electron chi connectivity index (χ0n) is 11.7. The summed E-state index contributed by atoms with van der Waals surface area (Å²) in [6, 6.07) is 4.70. The van der Waals surface area contributed by atoms with Crippen molar-refractivity contribution in [2.45, 2.75) is 24.3 Å². The molecular weight excluding hydrogens is 318 g/mol. The van der Waals surface area contributed by atoms with Crippen LogP contribution in [0, 0.1) is 6.92 Å². The first-order chi connectivity index (χ1) is 9.64. The van der Waals surface area contributed by atoms with Crippen molar-refractivity contribution >= 4 is 27.6 Å². The molecule has 1 aliphatic heterocycles. The fraction of sp³-hybridized carbons (Fsp3) is 0.462. The Morgan fingerprint density at radius 1 is 1.48 bits per heavy atom. The summed E-state index contributed by atoms with van der Waals surface area (Å²) in [5, 5.41) is 8.95. The standard InChI is InChI=1S/C13H16ClNO5S/c1-9-3-4-10(14)5-11(9)21(18,19)15-7-13(2,8-15)20-6-12(16)17/h3-5H,6-8H2,1-2H3,(H,16,17). The van der Waals surface area contributed by atoms with Crippen LogP contribution in [0.1, 0.15) is 12.5 Å². The Kier molecular flexibility index (Phi) is 4.30. The average Bonchev–Trinajstić information content (AvgIpc) is 2.35. The van der Waals surface area contributed by atoms with Crippen molar-refractivity contribution in [1.82, 2.24) is 4.31 Å². The number of carboxylic acid groups (broad SMARTS) is 1. The number of hydrogen-bond acceptors (Lipinski definition) is 4. The summed E-state index contributed by atoms with van der Waals surface area (Å²) in [5.41, 5.74) is -0.155. The molecule has 1 saturated heterocycles. The van der Waals surface area contributed by atoms with Crippen molar-refractivity contribution < 1.29 is 23.1 Å². The number of sulfonamides is 1. The molecule has 1 aromatic carbocycles. The van der Waals surface area contributed by atoms with E-state index in [1.807, 2.05) is 0 Å². The molecule has 1 heterocycles. The molecule has 6 nitrogen and oxygen atoms in total. The monoisotopic (exact) mass is 333 g/mol. The van der Waals surface area contributed by atoms with Gasteiger partial charge in [-0.1, -0.05) is 17.7 Å². The lowest BCUT2D eigenvalue weighted by atomic mass is 10.0. The number of aliphatic carboxylic acids is 1. The Labute approximate surface area is 128 Å². The topological polar surface area (TPSA) is 83.9 Å². The van der Waals surface area contributed by atoms with E-state index in [4.69, 9.17) is 21.4 Å². The van der Waals surface area contributed by atoms with Gasteiger partial charge in [-0.3, -0.25) is 0 Å². The lowest BCUT2D eigenvalue weighted by Gasteiger charge is -2.46. The fourth-order valence-corrected chi connectivity index (χ4v) is 4.34. The van der Waals surface area contributed by atoms with Crippen LogP contribution in [0.4, 0.5) is 0 Å². The van der Waals surface area contributed by atoms with Gasteiger partial charge in [0.2, 0.25) is 10.0 Å². The molecule has 0 saturated carbocycles. The first-order valence-electron chi connectivity index (χ1n) is 6.26. The third kappa shape index (κ3) is 3.37. The van der Waals surface area contributed by atoms with E-state index in [2.05, 4.69) is 0 Å². The molecule has 0 aromatic heterocycles. The quantitative estimate of drug-likeness (QED) is 0.883. The van der Waals surface area contributed by atoms with Crippen molar-refractivity contribution in [3.05, 3.63) is 28.8 Å². The van der Waals surface area contributed by atoms with Crippen LogP contribution in [0.2, 0.25) is 5.02 Å². The lowest BCUT2D eigenvalue weighted by Crippen LogP contribution is -2.63. The first-order valence-corrected chi connectivity index (χ1v) is 8.08. The summed E-state index contributed by atoms with van der Waals surface area (Å²) in [7, 11) is -3.64. The second-order valence-electron chi connectivity index (χ2n) is 5.32. The lowest BCUT2D eigenvalue weighted by molar-refractivity contribution is -0.157. The van der Waals surface area contributed by atoms with Crippen LogP contribution in [0.5, 0.6) is 0 Å². The van der Waals surface area contributed by atoms with E-state index >= 15 is 0 Å². The minimum absolute atomic E-state index is 0.120. The number of carbonyl (C=O) groups is 1. The van der Waals surface area contributed by atoms with Crippen LogP contribution in [0.3, 0.4) is 0 Å². The van der Waals surface area contributed by atoms with Gasteiger partial charge in [0.15, 0.2) is 0 Å². The highest BCUT2D eigenvalue weighted by molar-refractivity contribution is 7.89. The maximum atomic E-state index is 12.5. The van der Waals surface area contributed by atoms with Gasteiger partial charge in [0, 0.05) is 18.1 Å². The van der Waals surface area contributed by atoms with E-state index in [9.17, 15) is 13.2 Å². The third-order valence-corrected chi connectivity index (χ3v) is 5.50. The molecule has 1 N–H and O–H groups in total. The Bertz CT molecular complexity index is 667. The zero-order valence-corrected chi connectivity index (χ0v) is 13.2. The molecule has 116 valence electrons. The van der Waals surface area contributed by atoms with Gasteiger partial charge in [0.1, 0.15) is 6.61 Å². The van der Waals surface area contributed by atoms with Crippen molar-refractivity contribution in [2.24, 2.45) is 0 Å². The Morgan fingerprint density at radius 3 is 2.67 bits per heavy atom. The van der Waals surface area contributed by atoms with Gasteiger partial charge in [-0.2, -0.15) is 4.31 Å². The molecule has 0 atom stereocenters. The number of aryl methyl sites for hydroxylation is 1. The van der Waals surface area contributed by atoms with E-state index in [1.165, 1.54) is 10.4 Å². The fourth-order valence-electron chi connectivity index (χ4n) is 2.19. The van der Waals surface area contributed by atoms with Crippen LogP contribution in [-0.2, 0) is 19.6 Å². The molecule has 1 fully saturated rings. The molecular formula is C13H16ClNO5S. The predicted molar refractivity (Wildman–Crippen MR) is 76.9 cm³/mol. The van der Waals surface area contributed by atoms with Gasteiger partial charge in [-0.05, 0) is 31.5 Å². The van der Waals surface area contributed by atoms with Crippen LogP contribution in [0.15, 0.2) is 23.1 Å². The van der Waals surface area contributed by atoms with Gasteiger partial charge in [0.25, 0.3) is 0 Å². The molecule has 0 spiro atoms. The molecule has 0 unspecified atom stereocenters. The minimum Gasteiger partial charge on any atom is -0.480 e. The van der Waals surface area contributed by atoms with Crippen LogP contribution >= 0.6 is 11.6 Å². The molecule has 21 heavy (non-hydrogen) atoms. The van der Waals surface area contributed by atoms with Crippen molar-refractivity contribution in [2.75, 3.05) is 19.7 Å². The van der Waals surface area contributed by atoms with Crippen LogP contribution in [0.25, 0.3) is 0 Å². The highest BCUT2D eigenvalue weighted by atomic mass is 35.5. The molecule has 0 radical (unpaired) electrons. The number of hydrogen-bond donors (Lipinski definition) is 1. The largest absolute Gasteiger partial charge is 0.480 e. The maximum Gasteiger partial charge on any atom is 0.329 e. The molecule has 0 amide bonds. The Hall–Kier alpha value is -1.15. The zero-order chi connectivity index (χ0) is 15.8. The molecule has 1 aromatic rings. The van der Waals surface area contributed by atoms with Crippen molar-refractivity contribution in [3.63, 3.8) is 0 Å². The number of rotatable bonds is 5. The van der Waals surface area contributed by atoms with Crippen molar-refractivity contribution in [1.29, 1.82) is 0 Å². The highest BCUT2D eigenvalue weighted by Crippen LogP contribution is 2.32. The summed E-state index contributed by atoms with van der Waals surface area (Å²) < 4.78 is 31.5. The summed E-state index contributed by atoms with van der Waals surface area (Å²) in [4.78, 5) is 10.7. The third-order valence-electron chi connectivity index (χ3n) is 3.33. The van der Waals surface area contributed by atoms with Crippen molar-refractivity contribution in [3.8, 4) is 0 Å². The molecule has 2 rings (SSSR count). The summed E-state index contributed by atoms with van der Waals surface area (Å²) in [6.45, 7) is 3.18. The minimum atomic E-state index is -3.64. The van der Waals surface area contributed by atoms with E-state index in [0.29, 0.717) is 10.6 Å². The van der Waals surface area contributed by atoms with E-state index in [0.717, 1.165) is 0 Å². The van der Waals surface area contributed by atoms with Gasteiger partial charge < -0.3 is 9.84 Å². The molecule has 1 aliphatic rings. The Morgan fingerprint density at radius 2 is 2.10 bits per heavy atom. The number of halogens is 1. The van der Waals surface area contributed by atoms with Crippen LogP contribution < -0.4 is 0 Å². The smallest absolute Gasteiger partial charge is 0.329 e. The normalized spacial score (nSPS) is 18.2. The molecule has 0 bridgehead atoms. The highest BCUT2D eigenvalue weighted by Gasteiger charge is 2.46. The predicted octanol–water partition coefficient (Wildman–Crippen LogP) is 1.51. The number of nitrogens with zero attached hydrogens (tertiary/aromatic N) is 1. The van der Waals surface area contributed by atoms with Gasteiger partial charge in [0.05, 0.1) is 10.5 Å². The number of benzene rings is 1. The summed E-state index contributed by atoms with van der Waals surface area (Å²) in [6.07, 6.45) is 0. The number of ether oxygens (including phenoxy) is 1. The summed E-state index contributed by atoms with van der Waals surface area (Å²) in [5.74, 6) is -1.08. The van der Waals surface area contributed by atoms with E-state index in [-0.39, 0.29) is 18.0 Å². The Balaban J connectivity index is 2.13. The maximum absolute atomic E-state index is 12.5. The molecule has 8 heteroatoms. The second-order valence-corrected chi connectivity index (χ2v) is 7.66. The summed E-state index contributed by atoms with van der Waals surface area (Å²) >= 11 is 5.86. The number of carboxylic acids is 1. The van der Waals surface area contributed by atoms with Gasteiger partial charge >= 0.3 is 5.97 Å². The second kappa shape index (κ2) is 5.57. The average molecular weight is 334 g/mol. The van der Waals surface area contributed by atoms with Gasteiger partial charge in [-0.15, -0.1) is 0 Å². The van der Waals surface area contributed by atoms with Gasteiger partial charge in [-0.25, -0.2) is 13.2 Å². The van der Waals surface area contributed by atoms with E-state index < -0.39 is 28.2 Å². The van der Waals surface area contributed by atoms with E-state index in [1.54, 1.807) is 26.0 Å².